The van der Waals surface area contributed by atoms with Crippen LogP contribution in [0.25, 0.3) is 0 Å². The third-order valence-electron chi connectivity index (χ3n) is 4.19. The smallest absolute Gasteiger partial charge is 0.306 e. The van der Waals surface area contributed by atoms with E-state index in [2.05, 4.69) is 5.32 Å². The molecule has 0 aromatic carbocycles. The molecule has 0 aromatic heterocycles. The van der Waals surface area contributed by atoms with Crippen LogP contribution in [0.4, 0.5) is 0 Å². The summed E-state index contributed by atoms with van der Waals surface area (Å²) in [5.74, 6) is -0.452. The number of hydrogen-bond donors (Lipinski definition) is 3. The SMILES string of the molecule is NC(CC(=O)NCC1CCCC1C(=O)O)C1CC1. The van der Waals surface area contributed by atoms with E-state index in [1.807, 2.05) is 0 Å². The number of aliphatic carboxylic acids is 1. The monoisotopic (exact) mass is 254 g/mol. The van der Waals surface area contributed by atoms with Crippen molar-refractivity contribution in [2.24, 2.45) is 23.5 Å². The van der Waals surface area contributed by atoms with Crippen LogP contribution in [0.2, 0.25) is 0 Å². The van der Waals surface area contributed by atoms with Gasteiger partial charge in [0.05, 0.1) is 5.92 Å². The molecule has 2 aliphatic carbocycles. The summed E-state index contributed by atoms with van der Waals surface area (Å²) >= 11 is 0. The summed E-state index contributed by atoms with van der Waals surface area (Å²) in [6.07, 6.45) is 5.22. The van der Waals surface area contributed by atoms with Crippen LogP contribution in [-0.4, -0.2) is 29.6 Å². The van der Waals surface area contributed by atoms with Crippen molar-refractivity contribution in [2.75, 3.05) is 6.54 Å². The lowest BCUT2D eigenvalue weighted by molar-refractivity contribution is -0.143. The van der Waals surface area contributed by atoms with Crippen LogP contribution >= 0.6 is 0 Å². The molecule has 5 heteroatoms. The van der Waals surface area contributed by atoms with E-state index in [1.165, 1.54) is 0 Å². The first-order valence-electron chi connectivity index (χ1n) is 6.83. The Balaban J connectivity index is 1.70. The van der Waals surface area contributed by atoms with Crippen molar-refractivity contribution in [3.63, 3.8) is 0 Å². The van der Waals surface area contributed by atoms with Gasteiger partial charge in [-0.3, -0.25) is 9.59 Å². The first kappa shape index (κ1) is 13.3. The lowest BCUT2D eigenvalue weighted by atomic mass is 9.96. The fourth-order valence-corrected chi connectivity index (χ4v) is 2.83. The molecular formula is C13H22N2O3. The standard InChI is InChI=1S/C13H22N2O3/c14-11(8-4-5-8)6-12(16)15-7-9-2-1-3-10(9)13(17)18/h8-11H,1-7,14H2,(H,15,16)(H,17,18). The van der Waals surface area contributed by atoms with Gasteiger partial charge in [0.25, 0.3) is 0 Å². The number of carbonyl (C=O) groups is 2. The second kappa shape index (κ2) is 5.69. The number of amides is 1. The summed E-state index contributed by atoms with van der Waals surface area (Å²) in [6.45, 7) is 0.479. The Bertz CT molecular complexity index is 328. The Morgan fingerprint density at radius 3 is 2.61 bits per heavy atom. The van der Waals surface area contributed by atoms with Crippen LogP contribution in [0.15, 0.2) is 0 Å². The van der Waals surface area contributed by atoms with Crippen molar-refractivity contribution < 1.29 is 14.7 Å². The zero-order valence-electron chi connectivity index (χ0n) is 10.6. The van der Waals surface area contributed by atoms with Crippen LogP contribution < -0.4 is 11.1 Å². The molecule has 1 amide bonds. The molecule has 2 rings (SSSR count). The minimum atomic E-state index is -0.735. The molecule has 102 valence electrons. The zero-order valence-corrected chi connectivity index (χ0v) is 10.6. The highest BCUT2D eigenvalue weighted by Gasteiger charge is 2.33. The molecule has 3 atom stereocenters. The molecule has 3 unspecified atom stereocenters. The molecule has 0 radical (unpaired) electrons. The van der Waals surface area contributed by atoms with Crippen LogP contribution in [-0.2, 0) is 9.59 Å². The van der Waals surface area contributed by atoms with E-state index in [0.717, 1.165) is 32.1 Å². The number of nitrogens with one attached hydrogen (secondary N) is 1. The van der Waals surface area contributed by atoms with Crippen LogP contribution in [0.5, 0.6) is 0 Å². The second-order valence-corrected chi connectivity index (χ2v) is 5.65. The van der Waals surface area contributed by atoms with Gasteiger partial charge in [0.15, 0.2) is 0 Å². The van der Waals surface area contributed by atoms with E-state index in [0.29, 0.717) is 18.9 Å². The van der Waals surface area contributed by atoms with Crippen molar-refractivity contribution in [3.8, 4) is 0 Å². The largest absolute Gasteiger partial charge is 0.481 e. The van der Waals surface area contributed by atoms with E-state index >= 15 is 0 Å². The number of carboxylic acids is 1. The van der Waals surface area contributed by atoms with E-state index in [4.69, 9.17) is 10.8 Å². The summed E-state index contributed by atoms with van der Waals surface area (Å²) in [4.78, 5) is 22.7. The summed E-state index contributed by atoms with van der Waals surface area (Å²) in [7, 11) is 0. The third-order valence-corrected chi connectivity index (χ3v) is 4.19. The van der Waals surface area contributed by atoms with Gasteiger partial charge in [-0.05, 0) is 37.5 Å². The van der Waals surface area contributed by atoms with Gasteiger partial charge in [-0.25, -0.2) is 0 Å². The molecule has 4 N–H and O–H groups in total. The Labute approximate surface area is 107 Å². The van der Waals surface area contributed by atoms with Crippen molar-refractivity contribution in [1.29, 1.82) is 0 Å². The Hall–Kier alpha value is -1.10. The molecule has 18 heavy (non-hydrogen) atoms. The minimum absolute atomic E-state index is 0.0242. The highest BCUT2D eigenvalue weighted by Crippen LogP contribution is 2.33. The Morgan fingerprint density at radius 2 is 2.00 bits per heavy atom. The summed E-state index contributed by atoms with van der Waals surface area (Å²) in [5.41, 5.74) is 5.88. The van der Waals surface area contributed by atoms with E-state index in [1.54, 1.807) is 0 Å². The molecule has 2 fully saturated rings. The van der Waals surface area contributed by atoms with E-state index in [-0.39, 0.29) is 23.8 Å². The van der Waals surface area contributed by atoms with Gasteiger partial charge in [0.2, 0.25) is 5.91 Å². The third kappa shape index (κ3) is 3.45. The Kier molecular flexibility index (Phi) is 4.22. The summed E-state index contributed by atoms with van der Waals surface area (Å²) in [6, 6.07) is -0.0242. The van der Waals surface area contributed by atoms with Gasteiger partial charge in [-0.1, -0.05) is 6.42 Å². The van der Waals surface area contributed by atoms with Crippen LogP contribution in [0.1, 0.15) is 38.5 Å². The van der Waals surface area contributed by atoms with Gasteiger partial charge >= 0.3 is 5.97 Å². The molecule has 2 aliphatic rings. The average molecular weight is 254 g/mol. The van der Waals surface area contributed by atoms with Crippen molar-refractivity contribution >= 4 is 11.9 Å². The first-order chi connectivity index (χ1) is 8.58. The second-order valence-electron chi connectivity index (χ2n) is 5.65. The fraction of sp³-hybridized carbons (Fsp3) is 0.846. The van der Waals surface area contributed by atoms with E-state index in [9.17, 15) is 9.59 Å². The lowest BCUT2D eigenvalue weighted by Gasteiger charge is -2.17. The molecule has 2 saturated carbocycles. The van der Waals surface area contributed by atoms with Crippen molar-refractivity contribution in [2.45, 2.75) is 44.6 Å². The van der Waals surface area contributed by atoms with Crippen LogP contribution in [0.3, 0.4) is 0 Å². The summed E-state index contributed by atoms with van der Waals surface area (Å²) in [5, 5.41) is 11.9. The zero-order chi connectivity index (χ0) is 13.1. The average Bonchev–Trinajstić information content (AvgIpc) is 3.05. The minimum Gasteiger partial charge on any atom is -0.481 e. The maximum atomic E-state index is 11.7. The van der Waals surface area contributed by atoms with Crippen LogP contribution in [0, 0.1) is 17.8 Å². The lowest BCUT2D eigenvalue weighted by Crippen LogP contribution is -2.37. The number of carboxylic acid groups (broad SMARTS) is 1. The molecule has 0 saturated heterocycles. The van der Waals surface area contributed by atoms with Gasteiger partial charge in [0.1, 0.15) is 0 Å². The molecule has 5 nitrogen and oxygen atoms in total. The van der Waals surface area contributed by atoms with Gasteiger partial charge in [-0.2, -0.15) is 0 Å². The number of rotatable bonds is 6. The fourth-order valence-electron chi connectivity index (χ4n) is 2.83. The predicted molar refractivity (Wildman–Crippen MR) is 66.8 cm³/mol. The molecule has 0 aromatic rings. The van der Waals surface area contributed by atoms with Crippen molar-refractivity contribution in [3.05, 3.63) is 0 Å². The predicted octanol–water partition coefficient (Wildman–Crippen LogP) is 0.731. The quantitative estimate of drug-likeness (QED) is 0.651. The van der Waals surface area contributed by atoms with E-state index < -0.39 is 5.97 Å². The maximum Gasteiger partial charge on any atom is 0.306 e. The normalized spacial score (nSPS) is 28.9. The molecule has 0 spiro atoms. The highest BCUT2D eigenvalue weighted by molar-refractivity contribution is 5.77. The molecular weight excluding hydrogens is 232 g/mol. The van der Waals surface area contributed by atoms with Gasteiger partial charge < -0.3 is 16.2 Å². The molecule has 0 aliphatic heterocycles. The molecule has 0 bridgehead atoms. The first-order valence-corrected chi connectivity index (χ1v) is 6.83. The summed E-state index contributed by atoms with van der Waals surface area (Å²) < 4.78 is 0. The molecule has 0 heterocycles. The van der Waals surface area contributed by atoms with Gasteiger partial charge in [0, 0.05) is 19.0 Å². The van der Waals surface area contributed by atoms with Gasteiger partial charge in [-0.15, -0.1) is 0 Å². The number of carbonyl (C=O) groups excluding carboxylic acids is 1. The number of hydrogen-bond acceptors (Lipinski definition) is 3. The number of nitrogens with two attached hydrogens (primary N) is 1. The highest BCUT2D eigenvalue weighted by atomic mass is 16.4. The topological polar surface area (TPSA) is 92.4 Å². The van der Waals surface area contributed by atoms with Crippen molar-refractivity contribution in [1.82, 2.24) is 5.32 Å². The maximum absolute atomic E-state index is 11.7. The Morgan fingerprint density at radius 1 is 1.28 bits per heavy atom.